The summed E-state index contributed by atoms with van der Waals surface area (Å²) in [5, 5.41) is 6.15. The molecule has 3 nitrogen and oxygen atoms in total. The van der Waals surface area contributed by atoms with Crippen molar-refractivity contribution in [1.82, 2.24) is 10.6 Å². The zero-order valence-corrected chi connectivity index (χ0v) is 8.89. The van der Waals surface area contributed by atoms with Crippen molar-refractivity contribution < 1.29 is 4.79 Å². The Morgan fingerprint density at radius 2 is 2.31 bits per heavy atom. The maximum absolute atomic E-state index is 11.3. The van der Waals surface area contributed by atoms with E-state index in [0.717, 1.165) is 16.7 Å². The van der Waals surface area contributed by atoms with Crippen LogP contribution in [0.2, 0.25) is 0 Å². The van der Waals surface area contributed by atoms with Gasteiger partial charge in [0.05, 0.1) is 10.6 Å². The van der Waals surface area contributed by atoms with Crippen LogP contribution in [-0.4, -0.2) is 11.9 Å². The fraction of sp³-hybridized carbons (Fsp3) is 0.444. The summed E-state index contributed by atoms with van der Waals surface area (Å²) >= 11 is 3.38. The van der Waals surface area contributed by atoms with Crippen LogP contribution in [0, 0.1) is 5.92 Å². The first kappa shape index (κ1) is 8.81. The van der Waals surface area contributed by atoms with Crippen molar-refractivity contribution in [2.24, 2.45) is 5.92 Å². The molecule has 70 valence electrons. The third-order valence-electron chi connectivity index (χ3n) is 2.40. The van der Waals surface area contributed by atoms with Gasteiger partial charge in [-0.25, -0.2) is 0 Å². The molecule has 2 atom stereocenters. The molecule has 0 radical (unpaired) electrons. The Morgan fingerprint density at radius 3 is 3.08 bits per heavy atom. The summed E-state index contributed by atoms with van der Waals surface area (Å²) in [5.41, 5.74) is 0.978. The highest BCUT2D eigenvalue weighted by atomic mass is 79.9. The van der Waals surface area contributed by atoms with E-state index < -0.39 is 0 Å². The lowest BCUT2D eigenvalue weighted by atomic mass is 9.93. The van der Waals surface area contributed by atoms with Crippen molar-refractivity contribution in [3.05, 3.63) is 22.5 Å². The van der Waals surface area contributed by atoms with E-state index in [1.165, 1.54) is 0 Å². The Kier molecular flexibility index (Phi) is 2.15. The fourth-order valence-corrected chi connectivity index (χ4v) is 2.02. The maximum atomic E-state index is 11.3. The molecule has 2 unspecified atom stereocenters. The van der Waals surface area contributed by atoms with Gasteiger partial charge in [0.2, 0.25) is 5.91 Å². The molecule has 2 rings (SSSR count). The summed E-state index contributed by atoms with van der Waals surface area (Å²) in [4.78, 5) is 11.3. The van der Waals surface area contributed by atoms with Gasteiger partial charge in [0.15, 0.2) is 0 Å². The molecule has 4 heteroatoms. The first-order chi connectivity index (χ1) is 6.16. The van der Waals surface area contributed by atoms with Crippen molar-refractivity contribution in [2.45, 2.75) is 19.4 Å². The van der Waals surface area contributed by atoms with Crippen molar-refractivity contribution >= 4 is 21.8 Å². The lowest BCUT2D eigenvalue weighted by molar-refractivity contribution is -0.125. The van der Waals surface area contributed by atoms with Gasteiger partial charge >= 0.3 is 0 Å². The molecule has 2 aliphatic heterocycles. The minimum absolute atomic E-state index is 0.0908. The summed E-state index contributed by atoms with van der Waals surface area (Å²) in [5.74, 6) is 0.212. The number of carbonyl (C=O) groups is 1. The fourth-order valence-electron chi connectivity index (χ4n) is 1.61. The van der Waals surface area contributed by atoms with Gasteiger partial charge in [0, 0.05) is 11.6 Å². The number of fused-ring (bicyclic) bond motifs is 1. The molecule has 0 saturated carbocycles. The maximum Gasteiger partial charge on any atom is 0.227 e. The van der Waals surface area contributed by atoms with Gasteiger partial charge < -0.3 is 10.6 Å². The van der Waals surface area contributed by atoms with Crippen molar-refractivity contribution in [3.8, 4) is 0 Å². The van der Waals surface area contributed by atoms with E-state index in [1.807, 2.05) is 19.1 Å². The minimum atomic E-state index is 0.0908. The van der Waals surface area contributed by atoms with Crippen molar-refractivity contribution in [1.29, 1.82) is 0 Å². The first-order valence-corrected chi connectivity index (χ1v) is 5.11. The first-order valence-electron chi connectivity index (χ1n) is 4.31. The summed E-state index contributed by atoms with van der Waals surface area (Å²) in [6.45, 7) is 1.94. The van der Waals surface area contributed by atoms with E-state index in [4.69, 9.17) is 0 Å². The molecule has 1 saturated heterocycles. The number of rotatable bonds is 0. The van der Waals surface area contributed by atoms with E-state index >= 15 is 0 Å². The van der Waals surface area contributed by atoms with Crippen molar-refractivity contribution in [2.75, 3.05) is 0 Å². The number of hydrogen-bond donors (Lipinski definition) is 2. The normalized spacial score (nSPS) is 32.3. The molecule has 2 aliphatic rings. The highest BCUT2D eigenvalue weighted by Crippen LogP contribution is 2.23. The van der Waals surface area contributed by atoms with E-state index in [2.05, 4.69) is 26.6 Å². The van der Waals surface area contributed by atoms with Crippen LogP contribution in [0.1, 0.15) is 13.3 Å². The lowest BCUT2D eigenvalue weighted by Gasteiger charge is -2.32. The number of allylic oxidation sites excluding steroid dienone is 2. The SMILES string of the molecule is CC1CC2NC(Br)=CC=C2NC1=O. The zero-order valence-electron chi connectivity index (χ0n) is 7.30. The Labute approximate surface area is 85.4 Å². The van der Waals surface area contributed by atoms with Gasteiger partial charge in [0.25, 0.3) is 0 Å². The van der Waals surface area contributed by atoms with Crippen LogP contribution in [0.3, 0.4) is 0 Å². The van der Waals surface area contributed by atoms with Gasteiger partial charge in [-0.2, -0.15) is 0 Å². The Balaban J connectivity index is 2.21. The van der Waals surface area contributed by atoms with Crippen LogP contribution in [0.4, 0.5) is 0 Å². The number of halogens is 1. The van der Waals surface area contributed by atoms with E-state index in [9.17, 15) is 4.79 Å². The predicted octanol–water partition coefficient (Wildman–Crippen LogP) is 1.23. The molecule has 2 heterocycles. The number of piperidine rings is 1. The largest absolute Gasteiger partial charge is 0.371 e. The van der Waals surface area contributed by atoms with E-state index in [1.54, 1.807) is 0 Å². The third-order valence-corrected chi connectivity index (χ3v) is 2.89. The van der Waals surface area contributed by atoms with Crippen LogP contribution in [-0.2, 0) is 4.79 Å². The van der Waals surface area contributed by atoms with Crippen LogP contribution >= 0.6 is 15.9 Å². The van der Waals surface area contributed by atoms with E-state index in [0.29, 0.717) is 0 Å². The Morgan fingerprint density at radius 1 is 1.54 bits per heavy atom. The van der Waals surface area contributed by atoms with Crippen LogP contribution in [0.25, 0.3) is 0 Å². The Hall–Kier alpha value is -0.770. The second-order valence-corrected chi connectivity index (χ2v) is 4.31. The minimum Gasteiger partial charge on any atom is -0.371 e. The van der Waals surface area contributed by atoms with Crippen molar-refractivity contribution in [3.63, 3.8) is 0 Å². The molecule has 13 heavy (non-hydrogen) atoms. The van der Waals surface area contributed by atoms with Gasteiger partial charge in [-0.05, 0) is 34.5 Å². The number of nitrogens with one attached hydrogen (secondary N) is 2. The summed E-state index contributed by atoms with van der Waals surface area (Å²) in [7, 11) is 0. The second kappa shape index (κ2) is 3.18. The smallest absolute Gasteiger partial charge is 0.227 e. The predicted molar refractivity (Wildman–Crippen MR) is 53.9 cm³/mol. The molecule has 1 fully saturated rings. The second-order valence-electron chi connectivity index (χ2n) is 3.46. The summed E-state index contributed by atoms with van der Waals surface area (Å²) < 4.78 is 0.976. The molecule has 0 aliphatic carbocycles. The molecule has 2 N–H and O–H groups in total. The number of dihydropyridines is 1. The molecule has 0 aromatic carbocycles. The molecular formula is C9H11BrN2O. The third kappa shape index (κ3) is 1.63. The standard InChI is InChI=1S/C9H11BrN2O/c1-5-4-7-6(12-9(5)13)2-3-8(10)11-7/h2-3,5,7,11H,4H2,1H3,(H,12,13). The molecule has 0 aromatic heterocycles. The molecule has 1 amide bonds. The molecule has 0 bridgehead atoms. The zero-order chi connectivity index (χ0) is 9.42. The average Bonchev–Trinajstić information content (AvgIpc) is 2.08. The summed E-state index contributed by atoms with van der Waals surface area (Å²) in [6.07, 6.45) is 4.71. The van der Waals surface area contributed by atoms with Crippen LogP contribution in [0.5, 0.6) is 0 Å². The number of amides is 1. The van der Waals surface area contributed by atoms with Crippen LogP contribution in [0.15, 0.2) is 22.5 Å². The van der Waals surface area contributed by atoms with E-state index in [-0.39, 0.29) is 17.9 Å². The topological polar surface area (TPSA) is 41.1 Å². The highest BCUT2D eigenvalue weighted by molar-refractivity contribution is 9.11. The molecule has 0 aromatic rings. The summed E-state index contributed by atoms with van der Waals surface area (Å²) in [6, 6.07) is 0.257. The molecule has 0 spiro atoms. The quantitative estimate of drug-likeness (QED) is 0.628. The van der Waals surface area contributed by atoms with Gasteiger partial charge in [-0.15, -0.1) is 0 Å². The number of carbonyl (C=O) groups excluding carboxylic acids is 1. The Bertz CT molecular complexity index is 309. The highest BCUT2D eigenvalue weighted by Gasteiger charge is 2.29. The monoisotopic (exact) mass is 242 g/mol. The van der Waals surface area contributed by atoms with Gasteiger partial charge in [-0.3, -0.25) is 4.79 Å². The lowest BCUT2D eigenvalue weighted by Crippen LogP contribution is -2.47. The van der Waals surface area contributed by atoms with Crippen LogP contribution < -0.4 is 10.6 Å². The van der Waals surface area contributed by atoms with Gasteiger partial charge in [-0.1, -0.05) is 6.92 Å². The molecular weight excluding hydrogens is 232 g/mol. The number of hydrogen-bond acceptors (Lipinski definition) is 2. The van der Waals surface area contributed by atoms with Gasteiger partial charge in [0.1, 0.15) is 0 Å². The average molecular weight is 243 g/mol.